The maximum absolute atomic E-state index is 12.0. The molecule has 0 saturated carbocycles. The molecule has 0 aromatic carbocycles. The molecule has 1 unspecified atom stereocenters. The van der Waals surface area contributed by atoms with Crippen LogP contribution < -0.4 is 21.5 Å². The number of nitrogens with zero attached hydrogens (tertiary/aromatic N) is 5. The summed E-state index contributed by atoms with van der Waals surface area (Å²) in [7, 11) is 5.01. The van der Waals surface area contributed by atoms with E-state index in [-0.39, 0.29) is 23.7 Å². The molecule has 1 fully saturated rings. The highest BCUT2D eigenvalue weighted by atomic mass is 16.2. The van der Waals surface area contributed by atoms with Crippen LogP contribution in [0.2, 0.25) is 0 Å². The van der Waals surface area contributed by atoms with Gasteiger partial charge in [-0.2, -0.15) is 15.0 Å². The Morgan fingerprint density at radius 2 is 1.90 bits per heavy atom. The molecule has 114 valence electrons. The molecule has 1 aliphatic heterocycles. The lowest BCUT2D eigenvalue weighted by Crippen LogP contribution is -2.48. The van der Waals surface area contributed by atoms with Gasteiger partial charge in [-0.1, -0.05) is 0 Å². The fourth-order valence-electron chi connectivity index (χ4n) is 1.90. The Kier molecular flexibility index (Phi) is 4.17. The molecule has 2 amide bonds. The van der Waals surface area contributed by atoms with Gasteiger partial charge in [-0.25, -0.2) is 5.84 Å². The molecule has 1 atom stereocenters. The first kappa shape index (κ1) is 14.9. The summed E-state index contributed by atoms with van der Waals surface area (Å²) in [6.07, 6.45) is 0.698. The predicted octanol–water partition coefficient (Wildman–Crippen LogP) is -1.22. The van der Waals surface area contributed by atoms with Gasteiger partial charge in [0.2, 0.25) is 23.8 Å². The summed E-state index contributed by atoms with van der Waals surface area (Å²) >= 11 is 0. The first-order valence-corrected chi connectivity index (χ1v) is 6.39. The predicted molar refractivity (Wildman–Crippen MR) is 76.4 cm³/mol. The van der Waals surface area contributed by atoms with Gasteiger partial charge in [-0.3, -0.25) is 19.9 Å². The number of nitrogens with two attached hydrogens (primary N) is 1. The zero-order valence-electron chi connectivity index (χ0n) is 12.1. The Morgan fingerprint density at radius 3 is 2.52 bits per heavy atom. The van der Waals surface area contributed by atoms with Gasteiger partial charge in [0.1, 0.15) is 6.04 Å². The maximum Gasteiger partial charge on any atom is 0.251 e. The number of aromatic nitrogens is 3. The van der Waals surface area contributed by atoms with Crippen LogP contribution in [0.5, 0.6) is 0 Å². The largest absolute Gasteiger partial charge is 0.347 e. The zero-order chi connectivity index (χ0) is 15.6. The minimum absolute atomic E-state index is 0.184. The van der Waals surface area contributed by atoms with Crippen molar-refractivity contribution in [3.63, 3.8) is 0 Å². The Bertz CT molecular complexity index is 561. The van der Waals surface area contributed by atoms with Crippen molar-refractivity contribution in [1.82, 2.24) is 19.9 Å². The third-order valence-electron chi connectivity index (χ3n) is 3.11. The average molecular weight is 294 g/mol. The van der Waals surface area contributed by atoms with Crippen LogP contribution in [0.3, 0.4) is 0 Å². The highest BCUT2D eigenvalue weighted by molar-refractivity contribution is 6.01. The van der Waals surface area contributed by atoms with Crippen LogP contribution >= 0.6 is 0 Å². The second-order valence-electron chi connectivity index (χ2n) is 4.85. The van der Waals surface area contributed by atoms with Gasteiger partial charge >= 0.3 is 0 Å². The topological polar surface area (TPSA) is 129 Å². The monoisotopic (exact) mass is 294 g/mol. The Labute approximate surface area is 121 Å². The number of likely N-dealkylation sites (N-methyl/N-ethyl adjacent to an activating group) is 1. The number of piperidine rings is 1. The lowest BCUT2D eigenvalue weighted by Gasteiger charge is -2.28. The molecule has 2 heterocycles. The van der Waals surface area contributed by atoms with Gasteiger partial charge in [0, 0.05) is 27.6 Å². The van der Waals surface area contributed by atoms with E-state index in [9.17, 15) is 9.59 Å². The van der Waals surface area contributed by atoms with Crippen LogP contribution in [0.25, 0.3) is 0 Å². The number of nitrogens with one attached hydrogen (secondary N) is 2. The Balaban J connectivity index is 2.21. The van der Waals surface area contributed by atoms with Gasteiger partial charge in [-0.15, -0.1) is 0 Å². The van der Waals surface area contributed by atoms with Gasteiger partial charge in [0.15, 0.2) is 0 Å². The highest BCUT2D eigenvalue weighted by Gasteiger charge is 2.32. The fraction of sp³-hybridized carbons (Fsp3) is 0.545. The van der Waals surface area contributed by atoms with Crippen LogP contribution in [0, 0.1) is 0 Å². The molecule has 0 spiro atoms. The van der Waals surface area contributed by atoms with E-state index in [4.69, 9.17) is 5.84 Å². The van der Waals surface area contributed by atoms with E-state index in [0.29, 0.717) is 18.8 Å². The maximum atomic E-state index is 12.0. The van der Waals surface area contributed by atoms with Crippen LogP contribution in [-0.4, -0.2) is 58.9 Å². The Hall–Kier alpha value is -2.49. The highest BCUT2D eigenvalue weighted by Crippen LogP contribution is 2.17. The normalized spacial score (nSPS) is 18.7. The van der Waals surface area contributed by atoms with Crippen molar-refractivity contribution in [3.05, 3.63) is 0 Å². The van der Waals surface area contributed by atoms with Crippen molar-refractivity contribution in [2.45, 2.75) is 18.9 Å². The number of hydrogen-bond acceptors (Lipinski definition) is 9. The van der Waals surface area contributed by atoms with E-state index in [0.717, 1.165) is 4.90 Å². The number of hydrogen-bond donors (Lipinski definition) is 3. The molecule has 1 aromatic heterocycles. The van der Waals surface area contributed by atoms with Crippen LogP contribution in [0.15, 0.2) is 0 Å². The molecule has 1 aliphatic rings. The molecule has 10 heteroatoms. The van der Waals surface area contributed by atoms with Gasteiger partial charge in [0.05, 0.1) is 0 Å². The third-order valence-corrected chi connectivity index (χ3v) is 3.11. The van der Waals surface area contributed by atoms with Crippen molar-refractivity contribution < 1.29 is 9.59 Å². The molecule has 2 rings (SSSR count). The number of likely N-dealkylation sites (tertiary alicyclic amines) is 1. The van der Waals surface area contributed by atoms with E-state index < -0.39 is 6.04 Å². The van der Waals surface area contributed by atoms with Gasteiger partial charge in [-0.05, 0) is 6.42 Å². The molecule has 0 aliphatic carbocycles. The van der Waals surface area contributed by atoms with E-state index in [1.807, 2.05) is 0 Å². The van der Waals surface area contributed by atoms with Crippen LogP contribution in [0.1, 0.15) is 12.8 Å². The summed E-state index contributed by atoms with van der Waals surface area (Å²) in [6.45, 7) is 0. The van der Waals surface area contributed by atoms with E-state index in [1.165, 1.54) is 7.05 Å². The number of nitrogen functional groups attached to an aromatic ring is 1. The molecular weight excluding hydrogens is 276 g/mol. The van der Waals surface area contributed by atoms with Gasteiger partial charge in [0.25, 0.3) is 5.91 Å². The summed E-state index contributed by atoms with van der Waals surface area (Å²) in [5, 5.41) is 2.92. The molecule has 4 N–H and O–H groups in total. The average Bonchev–Trinajstić information content (AvgIpc) is 2.47. The summed E-state index contributed by atoms with van der Waals surface area (Å²) < 4.78 is 0. The minimum atomic E-state index is -0.546. The molecule has 0 bridgehead atoms. The molecule has 21 heavy (non-hydrogen) atoms. The zero-order valence-corrected chi connectivity index (χ0v) is 12.1. The number of carbonyl (C=O) groups excluding carboxylic acids is 2. The van der Waals surface area contributed by atoms with Gasteiger partial charge < -0.3 is 10.2 Å². The van der Waals surface area contributed by atoms with Crippen molar-refractivity contribution in [2.75, 3.05) is 36.8 Å². The lowest BCUT2D eigenvalue weighted by atomic mass is 10.1. The van der Waals surface area contributed by atoms with E-state index >= 15 is 0 Å². The van der Waals surface area contributed by atoms with E-state index in [1.54, 1.807) is 19.0 Å². The van der Waals surface area contributed by atoms with Crippen molar-refractivity contribution >= 4 is 29.7 Å². The number of hydrazine groups is 1. The molecule has 1 saturated heterocycles. The molecule has 10 nitrogen and oxygen atoms in total. The van der Waals surface area contributed by atoms with E-state index in [2.05, 4.69) is 25.7 Å². The minimum Gasteiger partial charge on any atom is -0.347 e. The smallest absolute Gasteiger partial charge is 0.251 e. The van der Waals surface area contributed by atoms with Crippen molar-refractivity contribution in [3.8, 4) is 0 Å². The quantitative estimate of drug-likeness (QED) is 0.355. The first-order chi connectivity index (χ1) is 9.92. The molecular formula is C11H18N8O2. The van der Waals surface area contributed by atoms with Crippen LogP contribution in [-0.2, 0) is 9.59 Å². The number of imide groups is 1. The second-order valence-corrected chi connectivity index (χ2v) is 4.85. The molecule has 0 radical (unpaired) electrons. The number of anilines is 3. The van der Waals surface area contributed by atoms with Crippen LogP contribution in [0.4, 0.5) is 17.8 Å². The Morgan fingerprint density at radius 1 is 1.24 bits per heavy atom. The number of rotatable bonds is 4. The number of amides is 2. The summed E-state index contributed by atoms with van der Waals surface area (Å²) in [6, 6.07) is -0.546. The second kappa shape index (κ2) is 5.87. The molecule has 1 aromatic rings. The summed E-state index contributed by atoms with van der Waals surface area (Å²) in [5.74, 6) is 5.63. The first-order valence-electron chi connectivity index (χ1n) is 6.39. The fourth-order valence-corrected chi connectivity index (χ4v) is 1.90. The summed E-state index contributed by atoms with van der Waals surface area (Å²) in [5.41, 5.74) is 2.35. The van der Waals surface area contributed by atoms with Crippen molar-refractivity contribution in [1.29, 1.82) is 0 Å². The number of carbonyl (C=O) groups is 2. The SMILES string of the molecule is CN1C(=O)CCC(Nc2nc(NN)nc(N(C)C)n2)C1=O. The third kappa shape index (κ3) is 3.16. The summed E-state index contributed by atoms with van der Waals surface area (Å²) in [4.78, 5) is 38.6. The van der Waals surface area contributed by atoms with Crippen molar-refractivity contribution in [2.24, 2.45) is 5.84 Å². The standard InChI is InChI=1S/C11H18N8O2/c1-18(2)11-15-9(14-10(16-11)17-12)13-6-4-5-7(20)19(3)8(6)21/h6H,4-5,12H2,1-3H3,(H2,13,14,15,16,17). The lowest BCUT2D eigenvalue weighted by molar-refractivity contribution is -0.146.